The number of nitrogens with zero attached hydrogens (tertiary/aromatic N) is 1. The van der Waals surface area contributed by atoms with Gasteiger partial charge in [-0.1, -0.05) is 99.0 Å². The number of ether oxygens (including phenoxy) is 2. The Morgan fingerprint density at radius 2 is 1.44 bits per heavy atom. The molecule has 0 spiro atoms. The fourth-order valence-corrected chi connectivity index (χ4v) is 3.54. The van der Waals surface area contributed by atoms with E-state index in [2.05, 4.69) is 9.99 Å². The first kappa shape index (κ1) is 30.7. The van der Waals surface area contributed by atoms with Gasteiger partial charge >= 0.3 is 6.18 Å². The smallest absolute Gasteiger partial charge is 0.437 e. The fourth-order valence-electron chi connectivity index (χ4n) is 2.71. The van der Waals surface area contributed by atoms with Gasteiger partial charge in [-0.3, -0.25) is 0 Å². The average Bonchev–Trinajstić information content (AvgIpc) is 2.77. The minimum Gasteiger partial charge on any atom is -0.490 e. The highest BCUT2D eigenvalue weighted by Crippen LogP contribution is 2.37. The van der Waals surface area contributed by atoms with Gasteiger partial charge in [0, 0.05) is 17.7 Å². The first-order chi connectivity index (χ1) is 17.0. The highest BCUT2D eigenvalue weighted by Gasteiger charge is 2.37. The third-order valence-corrected chi connectivity index (χ3v) is 5.46. The zero-order valence-corrected chi connectivity index (χ0v) is 22.8. The minimum absolute atomic E-state index is 0.0752. The van der Waals surface area contributed by atoms with Gasteiger partial charge in [-0.05, 0) is 30.6 Å². The normalized spacial score (nSPS) is 11.6. The molecule has 4 nitrogen and oxygen atoms in total. The van der Waals surface area contributed by atoms with Gasteiger partial charge in [0.1, 0.15) is 27.9 Å². The van der Waals surface area contributed by atoms with Crippen LogP contribution in [-0.2, 0) is 11.3 Å². The molecule has 0 fully saturated rings. The van der Waals surface area contributed by atoms with Gasteiger partial charge in [-0.15, -0.1) is 0 Å². The van der Waals surface area contributed by atoms with Crippen LogP contribution < -0.4 is 9.47 Å². The number of rotatable bonds is 12. The molecule has 13 heteroatoms. The molecular formula is C23H18Cl6F3NO3. The molecule has 0 aliphatic carbocycles. The molecular weight excluding hydrogens is 608 g/mol. The molecule has 2 rings (SSSR count). The highest BCUT2D eigenvalue weighted by molar-refractivity contribution is 6.56. The average molecular weight is 626 g/mol. The van der Waals surface area contributed by atoms with Gasteiger partial charge in [0.2, 0.25) is 0 Å². The standard InChI is InChI=1S/C23H18Cl6F3NO3/c24-17-12-16(34-10-7-19(26)27)13-18(25)21(17)35-9-1-2-14-3-5-15(6-4-14)22(23(30,31)32)33-36-11-8-20(28)29/h3-8,12-13H,1-2,9-11H2. The lowest BCUT2D eigenvalue weighted by Crippen LogP contribution is -2.24. The van der Waals surface area contributed by atoms with Crippen molar-refractivity contribution in [1.29, 1.82) is 0 Å². The van der Waals surface area contributed by atoms with E-state index in [1.165, 1.54) is 24.3 Å². The minimum atomic E-state index is -4.71. The lowest BCUT2D eigenvalue weighted by molar-refractivity contribution is -0.0611. The summed E-state index contributed by atoms with van der Waals surface area (Å²) in [6.45, 7) is 0.105. The van der Waals surface area contributed by atoms with E-state index in [-0.39, 0.29) is 44.4 Å². The summed E-state index contributed by atoms with van der Waals surface area (Å²) >= 11 is 34.3. The van der Waals surface area contributed by atoms with Gasteiger partial charge in [-0.25, -0.2) is 0 Å². The Morgan fingerprint density at radius 1 is 0.861 bits per heavy atom. The van der Waals surface area contributed by atoms with E-state index in [0.29, 0.717) is 24.3 Å². The first-order valence-electron chi connectivity index (χ1n) is 10.1. The van der Waals surface area contributed by atoms with Crippen LogP contribution in [0.3, 0.4) is 0 Å². The summed E-state index contributed by atoms with van der Waals surface area (Å²) < 4.78 is 51.1. The number of hydrogen-bond donors (Lipinski definition) is 0. The lowest BCUT2D eigenvalue weighted by Gasteiger charge is -2.13. The van der Waals surface area contributed by atoms with Crippen molar-refractivity contribution >= 4 is 75.3 Å². The van der Waals surface area contributed by atoms with E-state index in [0.717, 1.165) is 5.56 Å². The van der Waals surface area contributed by atoms with Crippen molar-refractivity contribution in [2.45, 2.75) is 19.0 Å². The summed E-state index contributed by atoms with van der Waals surface area (Å²) in [4.78, 5) is 4.66. The Labute approximate surface area is 236 Å². The van der Waals surface area contributed by atoms with Gasteiger partial charge in [0.05, 0.1) is 16.7 Å². The Bertz CT molecular complexity index is 1070. The molecule has 0 amide bonds. The first-order valence-corrected chi connectivity index (χ1v) is 12.4. The van der Waals surface area contributed by atoms with Crippen molar-refractivity contribution < 1.29 is 27.5 Å². The molecule has 2 aromatic rings. The van der Waals surface area contributed by atoms with Crippen LogP contribution in [0.2, 0.25) is 10.0 Å². The van der Waals surface area contributed by atoms with Crippen LogP contribution in [0.5, 0.6) is 11.5 Å². The van der Waals surface area contributed by atoms with Crippen LogP contribution in [0.4, 0.5) is 13.2 Å². The van der Waals surface area contributed by atoms with Crippen molar-refractivity contribution in [2.24, 2.45) is 5.16 Å². The van der Waals surface area contributed by atoms with E-state index in [4.69, 9.17) is 79.1 Å². The van der Waals surface area contributed by atoms with Crippen LogP contribution in [0.1, 0.15) is 17.5 Å². The molecule has 2 aromatic carbocycles. The van der Waals surface area contributed by atoms with Crippen LogP contribution in [-0.4, -0.2) is 31.7 Å². The molecule has 0 unspecified atom stereocenters. The second-order valence-electron chi connectivity index (χ2n) is 6.90. The Hall–Kier alpha value is -1.48. The van der Waals surface area contributed by atoms with Gasteiger partial charge in [-0.2, -0.15) is 13.2 Å². The monoisotopic (exact) mass is 623 g/mol. The van der Waals surface area contributed by atoms with E-state index in [1.807, 2.05) is 0 Å². The third-order valence-electron chi connectivity index (χ3n) is 4.28. The van der Waals surface area contributed by atoms with Gasteiger partial charge in [0.25, 0.3) is 0 Å². The van der Waals surface area contributed by atoms with Gasteiger partial charge in [0.15, 0.2) is 11.5 Å². The van der Waals surface area contributed by atoms with Crippen molar-refractivity contribution in [3.63, 3.8) is 0 Å². The molecule has 0 aromatic heterocycles. The molecule has 36 heavy (non-hydrogen) atoms. The molecule has 0 heterocycles. The van der Waals surface area contributed by atoms with Crippen LogP contribution in [0.15, 0.2) is 62.7 Å². The summed E-state index contributed by atoms with van der Waals surface area (Å²) in [6.07, 6.45) is -0.986. The lowest BCUT2D eigenvalue weighted by atomic mass is 10.0. The SMILES string of the molecule is FC(F)(F)C(=NOCC=C(Cl)Cl)c1ccc(CCCOc2c(Cl)cc(OCC=C(Cl)Cl)cc2Cl)cc1. The summed E-state index contributed by atoms with van der Waals surface area (Å²) in [5.74, 6) is 0.707. The van der Waals surface area contributed by atoms with Crippen molar-refractivity contribution in [3.05, 3.63) is 78.7 Å². The zero-order chi connectivity index (χ0) is 26.7. The summed E-state index contributed by atoms with van der Waals surface area (Å²) in [5.41, 5.74) is -0.517. The maximum Gasteiger partial charge on any atom is 0.437 e. The molecule has 0 saturated heterocycles. The molecule has 0 aliphatic heterocycles. The number of aryl methyl sites for hydroxylation is 1. The van der Waals surface area contributed by atoms with E-state index in [1.54, 1.807) is 24.3 Å². The number of hydrogen-bond acceptors (Lipinski definition) is 4. The number of oxime groups is 1. The van der Waals surface area contributed by atoms with E-state index in [9.17, 15) is 13.2 Å². The Balaban J connectivity index is 1.93. The molecule has 0 atom stereocenters. The zero-order valence-electron chi connectivity index (χ0n) is 18.2. The van der Waals surface area contributed by atoms with Crippen molar-refractivity contribution in [3.8, 4) is 11.5 Å². The third kappa shape index (κ3) is 10.9. The number of halogens is 9. The maximum atomic E-state index is 13.3. The largest absolute Gasteiger partial charge is 0.490 e. The summed E-state index contributed by atoms with van der Waals surface area (Å²) in [7, 11) is 0. The second-order valence-corrected chi connectivity index (χ2v) is 9.73. The Morgan fingerprint density at radius 3 is 2.00 bits per heavy atom. The van der Waals surface area contributed by atoms with E-state index >= 15 is 0 Å². The molecule has 0 saturated carbocycles. The molecule has 0 bridgehead atoms. The quantitative estimate of drug-likeness (QED) is 0.134. The van der Waals surface area contributed by atoms with Gasteiger partial charge < -0.3 is 14.3 Å². The highest BCUT2D eigenvalue weighted by atomic mass is 35.5. The number of alkyl halides is 3. The predicted octanol–water partition coefficient (Wildman–Crippen LogP) is 9.30. The topological polar surface area (TPSA) is 40.0 Å². The number of benzene rings is 2. The van der Waals surface area contributed by atoms with Crippen LogP contribution >= 0.6 is 69.6 Å². The second kappa shape index (κ2) is 15.1. The summed E-state index contributed by atoms with van der Waals surface area (Å²) in [6, 6.07) is 8.85. The van der Waals surface area contributed by atoms with Crippen LogP contribution in [0.25, 0.3) is 0 Å². The predicted molar refractivity (Wildman–Crippen MR) is 140 cm³/mol. The summed E-state index contributed by atoms with van der Waals surface area (Å²) in [5, 5.41) is 3.70. The van der Waals surface area contributed by atoms with Crippen molar-refractivity contribution in [1.82, 2.24) is 0 Å². The molecule has 196 valence electrons. The van der Waals surface area contributed by atoms with Crippen molar-refractivity contribution in [2.75, 3.05) is 19.8 Å². The fraction of sp³-hybridized carbons (Fsp3) is 0.261. The molecule has 0 aliphatic rings. The maximum absolute atomic E-state index is 13.3. The molecule has 0 radical (unpaired) electrons. The van der Waals surface area contributed by atoms with Crippen LogP contribution in [0, 0.1) is 0 Å². The Kier molecular flexibility index (Phi) is 12.9. The van der Waals surface area contributed by atoms with E-state index < -0.39 is 11.9 Å². The molecule has 0 N–H and O–H groups in total.